The number of carbonyl (C=O) groups is 6. The molecule has 2 saturated carbocycles. The van der Waals surface area contributed by atoms with Gasteiger partial charge in [0.2, 0.25) is 0 Å². The highest BCUT2D eigenvalue weighted by Gasteiger charge is 2.78. The van der Waals surface area contributed by atoms with E-state index in [0.717, 1.165) is 13.3 Å². The number of Topliss-reactive ketones (excluding diaryl/α,β-unsaturated/α-hetero) is 1. The lowest BCUT2D eigenvalue weighted by atomic mass is 9.44. The average Bonchev–Trinajstić information content (AvgIpc) is 3.08. The molecule has 0 aromatic rings. The number of rotatable bonds is 3. The van der Waals surface area contributed by atoms with E-state index >= 15 is 4.79 Å². The molecule has 2 heterocycles. The molecule has 0 spiro atoms. The summed E-state index contributed by atoms with van der Waals surface area (Å²) in [6, 6.07) is -1.14. The van der Waals surface area contributed by atoms with Gasteiger partial charge in [-0.15, -0.1) is 0 Å². The Labute approximate surface area is 346 Å². The van der Waals surface area contributed by atoms with Crippen LogP contribution in [0.4, 0.5) is 4.79 Å². The number of aliphatic hydroxyl groups excluding tert-OH is 2. The van der Waals surface area contributed by atoms with E-state index in [9.17, 15) is 39.3 Å². The van der Waals surface area contributed by atoms with Crippen molar-refractivity contribution in [2.75, 3.05) is 6.61 Å². The first kappa shape index (κ1) is 46.5. The third-order valence-corrected chi connectivity index (χ3v) is 13.5. The third kappa shape index (κ3) is 8.65. The largest absolute Gasteiger partial charge is 0.459 e. The predicted molar refractivity (Wildman–Crippen MR) is 208 cm³/mol. The average molecular weight is 836 g/mol. The van der Waals surface area contributed by atoms with E-state index in [1.807, 2.05) is 13.8 Å². The highest BCUT2D eigenvalue weighted by Crippen LogP contribution is 2.64. The molecule has 59 heavy (non-hydrogen) atoms. The van der Waals surface area contributed by atoms with Crippen molar-refractivity contribution >= 4 is 35.8 Å². The molecule has 332 valence electrons. The maximum atomic E-state index is 15.4. The van der Waals surface area contributed by atoms with Crippen LogP contribution in [-0.4, -0.2) is 117 Å². The van der Waals surface area contributed by atoms with Gasteiger partial charge in [-0.3, -0.25) is 19.2 Å². The molecule has 0 unspecified atom stereocenters. The Kier molecular flexibility index (Phi) is 12.9. The summed E-state index contributed by atoms with van der Waals surface area (Å²) in [6.45, 7) is 17.0. The summed E-state index contributed by atoms with van der Waals surface area (Å²) in [5.74, 6) is -5.81. The molecule has 16 heteroatoms. The molecule has 0 aromatic heterocycles. The van der Waals surface area contributed by atoms with Crippen molar-refractivity contribution < 1.29 is 72.5 Å². The molecule has 0 aromatic carbocycles. The standard InChI is InChI=1S/C43H65NO15/c1-22-26-19-43(53)35(57-29(48)20-39(7,8)17-15-13-12-14-16-25(31(49)36(51)56-26)44-37(52)59-38(4,5)6)33-41(11,27(47)18-28-42(33,21-54-28)58-24(3)46)34(50)32(55-23(2)45)30(22)40(43,9)10/h25-28,31-33,35,47,49,53H,12-21H2,1-11H3,(H,44,52)/t25-,26-,27-,28+,31+,32+,33-,35-,41+,42-,43+/m0/s1. The molecule has 3 aliphatic carbocycles. The Bertz CT molecular complexity index is 1730. The van der Waals surface area contributed by atoms with Crippen LogP contribution in [0.2, 0.25) is 0 Å². The number of amides is 1. The Balaban J connectivity index is 1.76. The van der Waals surface area contributed by atoms with Gasteiger partial charge in [-0.25, -0.2) is 9.59 Å². The maximum absolute atomic E-state index is 15.4. The Morgan fingerprint density at radius 1 is 0.915 bits per heavy atom. The Hall–Kier alpha value is -3.60. The molecule has 1 amide bonds. The lowest BCUT2D eigenvalue weighted by molar-refractivity contribution is -0.347. The summed E-state index contributed by atoms with van der Waals surface area (Å²) in [5.41, 5.74) is -8.86. The van der Waals surface area contributed by atoms with Crippen LogP contribution in [-0.2, 0) is 52.4 Å². The third-order valence-electron chi connectivity index (χ3n) is 13.5. The van der Waals surface area contributed by atoms with E-state index in [4.69, 9.17) is 28.4 Å². The monoisotopic (exact) mass is 835 g/mol. The van der Waals surface area contributed by atoms with Gasteiger partial charge in [-0.1, -0.05) is 53.4 Å². The fourth-order valence-corrected chi connectivity index (χ4v) is 10.4. The zero-order valence-electron chi connectivity index (χ0n) is 36.4. The Morgan fingerprint density at radius 3 is 2.14 bits per heavy atom. The maximum Gasteiger partial charge on any atom is 0.407 e. The number of esters is 4. The quantitative estimate of drug-likeness (QED) is 0.179. The van der Waals surface area contributed by atoms with Crippen LogP contribution in [0.5, 0.6) is 0 Å². The van der Waals surface area contributed by atoms with Crippen LogP contribution in [0.15, 0.2) is 11.1 Å². The molecule has 5 rings (SSSR count). The summed E-state index contributed by atoms with van der Waals surface area (Å²) in [5, 5.41) is 39.9. The summed E-state index contributed by atoms with van der Waals surface area (Å²) in [4.78, 5) is 82.7. The SMILES string of the molecule is CC(=O)O[C@H]1C(=O)[C@@]2(C)[C@H]([C@@H]3OC(=O)CC(C)(C)CCCCCC[C@H](NC(=O)OC(C)(C)C)[C@@H](O)C(=O)O[C@H]4C[C@]3(O)C(C)(C)C1=C4C)[C@]1(OC(C)=O)CO[C@@H]1C[C@@H]2O. The number of carbonyl (C=O) groups excluding carboxylic acids is 6. The fourth-order valence-electron chi connectivity index (χ4n) is 10.4. The lowest BCUT2D eigenvalue weighted by Crippen LogP contribution is -2.82. The minimum Gasteiger partial charge on any atom is -0.459 e. The second kappa shape index (κ2) is 16.4. The van der Waals surface area contributed by atoms with Crippen molar-refractivity contribution in [2.45, 2.75) is 193 Å². The van der Waals surface area contributed by atoms with E-state index in [1.54, 1.807) is 41.5 Å². The van der Waals surface area contributed by atoms with Crippen molar-refractivity contribution in [3.8, 4) is 0 Å². The molecule has 11 atom stereocenters. The molecule has 2 aliphatic heterocycles. The molecule has 3 bridgehead atoms. The van der Waals surface area contributed by atoms with Gasteiger partial charge in [0, 0.05) is 32.1 Å². The second-order valence-electron chi connectivity index (χ2n) is 19.9. The first-order chi connectivity index (χ1) is 27.1. The summed E-state index contributed by atoms with van der Waals surface area (Å²) in [7, 11) is 0. The molecule has 5 aliphatic rings. The summed E-state index contributed by atoms with van der Waals surface area (Å²) >= 11 is 0. The van der Waals surface area contributed by atoms with Gasteiger partial charge in [0.15, 0.2) is 23.6 Å². The summed E-state index contributed by atoms with van der Waals surface area (Å²) in [6.07, 6.45) is -7.54. The molecule has 2 saturated heterocycles. The van der Waals surface area contributed by atoms with Gasteiger partial charge in [0.05, 0.1) is 36.5 Å². The number of fused-ring (bicyclic) bond motifs is 6. The highest BCUT2D eigenvalue weighted by atomic mass is 16.6. The van der Waals surface area contributed by atoms with E-state index in [-0.39, 0.29) is 37.0 Å². The van der Waals surface area contributed by atoms with E-state index in [2.05, 4.69) is 5.32 Å². The first-order valence-corrected chi connectivity index (χ1v) is 20.8. The van der Waals surface area contributed by atoms with Crippen molar-refractivity contribution in [3.63, 3.8) is 0 Å². The van der Waals surface area contributed by atoms with Crippen molar-refractivity contribution in [1.29, 1.82) is 0 Å². The zero-order chi connectivity index (χ0) is 44.3. The molecular weight excluding hydrogens is 770 g/mol. The van der Waals surface area contributed by atoms with Gasteiger partial charge >= 0.3 is 30.0 Å². The second-order valence-corrected chi connectivity index (χ2v) is 19.9. The Morgan fingerprint density at radius 2 is 1.56 bits per heavy atom. The van der Waals surface area contributed by atoms with Crippen LogP contribution in [0.25, 0.3) is 0 Å². The number of nitrogens with one attached hydrogen (secondary N) is 1. The molecule has 4 N–H and O–H groups in total. The van der Waals surface area contributed by atoms with Crippen LogP contribution in [0.1, 0.15) is 134 Å². The number of hydrogen-bond donors (Lipinski definition) is 4. The number of alkyl carbamates (subject to hydrolysis) is 1. The van der Waals surface area contributed by atoms with E-state index < -0.39 is 124 Å². The number of ether oxygens (including phenoxy) is 6. The van der Waals surface area contributed by atoms with E-state index in [0.29, 0.717) is 25.7 Å². The normalized spacial score (nSPS) is 38.9. The number of hydrogen-bond acceptors (Lipinski definition) is 15. The van der Waals surface area contributed by atoms with Gasteiger partial charge in [-0.2, -0.15) is 0 Å². The smallest absolute Gasteiger partial charge is 0.407 e. The van der Waals surface area contributed by atoms with Crippen LogP contribution in [0.3, 0.4) is 0 Å². The van der Waals surface area contributed by atoms with Gasteiger partial charge < -0.3 is 49.1 Å². The lowest BCUT2D eigenvalue weighted by Gasteiger charge is -2.67. The van der Waals surface area contributed by atoms with Gasteiger partial charge in [0.1, 0.15) is 29.5 Å². The predicted octanol–water partition coefficient (Wildman–Crippen LogP) is 3.91. The molecule has 16 nitrogen and oxygen atoms in total. The van der Waals surface area contributed by atoms with Crippen molar-refractivity contribution in [3.05, 3.63) is 11.1 Å². The van der Waals surface area contributed by atoms with Crippen LogP contribution < -0.4 is 5.32 Å². The van der Waals surface area contributed by atoms with Crippen LogP contribution >= 0.6 is 0 Å². The summed E-state index contributed by atoms with van der Waals surface area (Å²) < 4.78 is 35.8. The van der Waals surface area contributed by atoms with Gasteiger partial charge in [-0.05, 0) is 64.0 Å². The number of ketones is 1. The van der Waals surface area contributed by atoms with Crippen molar-refractivity contribution in [2.24, 2.45) is 22.2 Å². The minimum absolute atomic E-state index is 0.0401. The van der Waals surface area contributed by atoms with Crippen LogP contribution in [0, 0.1) is 22.2 Å². The molecule has 4 fully saturated rings. The molecule has 0 radical (unpaired) electrons. The fraction of sp³-hybridized carbons (Fsp3) is 0.814. The molecular formula is C43H65NO15. The highest BCUT2D eigenvalue weighted by molar-refractivity contribution is 5.95. The zero-order valence-corrected chi connectivity index (χ0v) is 36.4. The minimum atomic E-state index is -2.31. The number of aliphatic hydroxyl groups is 3. The van der Waals surface area contributed by atoms with E-state index in [1.165, 1.54) is 13.8 Å². The van der Waals surface area contributed by atoms with Crippen molar-refractivity contribution in [1.82, 2.24) is 5.32 Å². The van der Waals surface area contributed by atoms with Gasteiger partial charge in [0.25, 0.3) is 0 Å². The first-order valence-electron chi connectivity index (χ1n) is 20.8. The topological polar surface area (TPSA) is 231 Å².